The molecule has 4 rings (SSSR count). The van der Waals surface area contributed by atoms with Gasteiger partial charge in [-0.05, 0) is 72.9 Å². The Morgan fingerprint density at radius 1 is 0.367 bits per heavy atom. The van der Waals surface area contributed by atoms with Gasteiger partial charge >= 0.3 is 0 Å². The van der Waals surface area contributed by atoms with Gasteiger partial charge in [0.2, 0.25) is 0 Å². The van der Waals surface area contributed by atoms with Crippen LogP contribution < -0.4 is 11.1 Å². The van der Waals surface area contributed by atoms with Gasteiger partial charge in [-0.1, -0.05) is 233 Å². The lowest BCUT2D eigenvalue weighted by atomic mass is 9.86. The first-order valence-electron chi connectivity index (χ1n) is 26.5. The summed E-state index contributed by atoms with van der Waals surface area (Å²) in [5.41, 5.74) is 4.13. The SMILES string of the molecule is CCCCCCCCCCC(CCCCCCCC)CCc1c2c(=O)n3cccc3c(CCC(CCCCCCCC)CCCCCCCCCC)c2c(=O)n2cccc12. The maximum absolute atomic E-state index is 14.6. The summed E-state index contributed by atoms with van der Waals surface area (Å²) >= 11 is 0. The molecule has 4 heterocycles. The number of rotatable bonds is 38. The van der Waals surface area contributed by atoms with E-state index in [1.807, 2.05) is 33.3 Å². The van der Waals surface area contributed by atoms with E-state index in [9.17, 15) is 9.59 Å². The topological polar surface area (TPSA) is 43.0 Å². The van der Waals surface area contributed by atoms with E-state index in [0.717, 1.165) is 47.8 Å². The fourth-order valence-electron chi connectivity index (χ4n) is 10.5. The fourth-order valence-corrected chi connectivity index (χ4v) is 10.5. The third-order valence-corrected chi connectivity index (χ3v) is 14.3. The highest BCUT2D eigenvalue weighted by atomic mass is 16.1. The normalized spacial score (nSPS) is 13.1. The zero-order valence-electron chi connectivity index (χ0n) is 39.8. The number of hydrogen-bond acceptors (Lipinski definition) is 2. The van der Waals surface area contributed by atoms with Crippen LogP contribution in [-0.2, 0) is 12.8 Å². The monoisotopic (exact) mass is 825 g/mol. The molecular formula is C56H92N2O2. The molecule has 2 unspecified atom stereocenters. The Bertz CT molecular complexity index is 1670. The minimum atomic E-state index is 0.00247. The Balaban J connectivity index is 1.56. The Kier molecular flexibility index (Phi) is 25.4. The number of fused-ring (bicyclic) bond motifs is 3. The van der Waals surface area contributed by atoms with E-state index < -0.39 is 0 Å². The van der Waals surface area contributed by atoms with Crippen molar-refractivity contribution in [2.45, 2.75) is 259 Å². The van der Waals surface area contributed by atoms with Crippen LogP contribution in [0.2, 0.25) is 0 Å². The van der Waals surface area contributed by atoms with Crippen LogP contribution in [0.15, 0.2) is 46.2 Å². The van der Waals surface area contributed by atoms with Gasteiger partial charge in [0.15, 0.2) is 0 Å². The van der Waals surface area contributed by atoms with Gasteiger partial charge in [0.25, 0.3) is 11.1 Å². The smallest absolute Gasteiger partial charge is 0.263 e. The van der Waals surface area contributed by atoms with E-state index in [2.05, 4.69) is 39.8 Å². The molecule has 0 aliphatic rings. The van der Waals surface area contributed by atoms with E-state index >= 15 is 0 Å². The van der Waals surface area contributed by atoms with Gasteiger partial charge in [-0.2, -0.15) is 0 Å². The van der Waals surface area contributed by atoms with Crippen molar-refractivity contribution in [2.24, 2.45) is 11.8 Å². The van der Waals surface area contributed by atoms with Crippen LogP contribution in [0.4, 0.5) is 0 Å². The summed E-state index contributed by atoms with van der Waals surface area (Å²) in [6.45, 7) is 9.20. The molecule has 0 fully saturated rings. The Labute approximate surface area is 368 Å². The molecule has 2 atom stereocenters. The maximum atomic E-state index is 14.6. The molecule has 0 spiro atoms. The highest BCUT2D eigenvalue weighted by molar-refractivity contribution is 5.95. The highest BCUT2D eigenvalue weighted by Crippen LogP contribution is 2.32. The van der Waals surface area contributed by atoms with Crippen molar-refractivity contribution in [2.75, 3.05) is 0 Å². The zero-order valence-corrected chi connectivity index (χ0v) is 39.8. The molecule has 0 aromatic carbocycles. The number of pyridine rings is 2. The summed E-state index contributed by atoms with van der Waals surface area (Å²) < 4.78 is 3.77. The van der Waals surface area contributed by atoms with E-state index in [0.29, 0.717) is 22.6 Å². The standard InChI is InChI=1S/C56H92N2O2/c1-5-9-13-17-21-23-27-31-37-47(35-29-25-19-15-11-7-3)41-43-49-51-39-33-45-57(51)56(60)54-50(52-40-34-46-58(52)55(59)53(49)54)44-42-48(36-30-26-20-16-12-8-4)38-32-28-24-22-18-14-10-6-2/h33-34,39-40,45-48H,5-32,35-38,41-44H2,1-4H3. The quantitative estimate of drug-likeness (QED) is 0.0423. The molecule has 0 N–H and O–H groups in total. The van der Waals surface area contributed by atoms with Gasteiger partial charge < -0.3 is 0 Å². The van der Waals surface area contributed by atoms with Crippen molar-refractivity contribution in [3.8, 4) is 0 Å². The second-order valence-electron chi connectivity index (χ2n) is 19.3. The number of hydrogen-bond donors (Lipinski definition) is 0. The molecule has 0 aliphatic carbocycles. The first-order valence-corrected chi connectivity index (χ1v) is 26.5. The molecule has 4 heteroatoms. The summed E-state index contributed by atoms with van der Waals surface area (Å²) in [6, 6.07) is 8.23. The van der Waals surface area contributed by atoms with E-state index in [-0.39, 0.29) is 11.1 Å². The lowest BCUT2D eigenvalue weighted by molar-refractivity contribution is 0.380. The second kappa shape index (κ2) is 30.4. The van der Waals surface area contributed by atoms with Crippen LogP contribution in [-0.4, -0.2) is 8.80 Å². The van der Waals surface area contributed by atoms with Crippen LogP contribution in [0.25, 0.3) is 21.8 Å². The second-order valence-corrected chi connectivity index (χ2v) is 19.3. The lowest BCUT2D eigenvalue weighted by Gasteiger charge is -2.20. The van der Waals surface area contributed by atoms with Gasteiger partial charge in [-0.3, -0.25) is 18.4 Å². The van der Waals surface area contributed by atoms with Crippen LogP contribution in [0.1, 0.15) is 257 Å². The van der Waals surface area contributed by atoms with Crippen molar-refractivity contribution in [1.29, 1.82) is 0 Å². The van der Waals surface area contributed by atoms with Gasteiger partial charge in [-0.25, -0.2) is 0 Å². The van der Waals surface area contributed by atoms with Gasteiger partial charge in [0.05, 0.1) is 21.8 Å². The summed E-state index contributed by atoms with van der Waals surface area (Å²) in [6.07, 6.45) is 50.7. The highest BCUT2D eigenvalue weighted by Gasteiger charge is 2.23. The molecule has 0 aliphatic heterocycles. The lowest BCUT2D eigenvalue weighted by Crippen LogP contribution is -2.24. The van der Waals surface area contributed by atoms with Crippen molar-refractivity contribution >= 4 is 21.8 Å². The predicted octanol–water partition coefficient (Wildman–Crippen LogP) is 17.2. The third kappa shape index (κ3) is 16.6. The van der Waals surface area contributed by atoms with Crippen molar-refractivity contribution in [1.82, 2.24) is 8.80 Å². The largest absolute Gasteiger partial charge is 0.283 e. The molecular weight excluding hydrogens is 733 g/mol. The van der Waals surface area contributed by atoms with Crippen LogP contribution in [0.5, 0.6) is 0 Å². The van der Waals surface area contributed by atoms with Crippen LogP contribution >= 0.6 is 0 Å². The predicted molar refractivity (Wildman–Crippen MR) is 264 cm³/mol. The first-order chi connectivity index (χ1) is 29.5. The van der Waals surface area contributed by atoms with Crippen molar-refractivity contribution in [3.05, 3.63) is 68.5 Å². The van der Waals surface area contributed by atoms with Crippen LogP contribution in [0.3, 0.4) is 0 Å². The molecule has 0 amide bonds. The maximum Gasteiger partial charge on any atom is 0.263 e. The Morgan fingerprint density at radius 3 is 0.917 bits per heavy atom. The van der Waals surface area contributed by atoms with Crippen molar-refractivity contribution in [3.63, 3.8) is 0 Å². The number of aryl methyl sites for hydroxylation is 2. The molecule has 0 saturated heterocycles. The van der Waals surface area contributed by atoms with Crippen LogP contribution in [0, 0.1) is 11.8 Å². The molecule has 4 aromatic heterocycles. The van der Waals surface area contributed by atoms with Gasteiger partial charge in [-0.15, -0.1) is 0 Å². The molecule has 0 saturated carbocycles. The average Bonchev–Trinajstić information content (AvgIpc) is 3.96. The summed E-state index contributed by atoms with van der Waals surface area (Å²) in [4.78, 5) is 29.2. The molecule has 60 heavy (non-hydrogen) atoms. The molecule has 4 nitrogen and oxygen atoms in total. The average molecular weight is 825 g/mol. The minimum absolute atomic E-state index is 0.00247. The van der Waals surface area contributed by atoms with E-state index in [4.69, 9.17) is 0 Å². The Morgan fingerprint density at radius 2 is 0.633 bits per heavy atom. The molecule has 0 bridgehead atoms. The number of nitrogens with zero attached hydrogens (tertiary/aromatic N) is 2. The van der Waals surface area contributed by atoms with Gasteiger partial charge in [0, 0.05) is 12.4 Å². The van der Waals surface area contributed by atoms with Crippen molar-refractivity contribution < 1.29 is 0 Å². The summed E-state index contributed by atoms with van der Waals surface area (Å²) in [5, 5.41) is 1.43. The minimum Gasteiger partial charge on any atom is -0.283 e. The molecule has 4 aromatic rings. The molecule has 338 valence electrons. The van der Waals surface area contributed by atoms with E-state index in [1.54, 1.807) is 0 Å². The fraction of sp³-hybridized carbons (Fsp3) is 0.750. The zero-order chi connectivity index (χ0) is 42.6. The first kappa shape index (κ1) is 50.0. The van der Waals surface area contributed by atoms with E-state index in [1.165, 1.54) is 205 Å². The molecule has 0 radical (unpaired) electrons. The number of unbranched alkanes of at least 4 members (excludes halogenated alkanes) is 24. The summed E-state index contributed by atoms with van der Waals surface area (Å²) in [7, 11) is 0. The summed E-state index contributed by atoms with van der Waals surface area (Å²) in [5.74, 6) is 1.33. The van der Waals surface area contributed by atoms with Gasteiger partial charge in [0.1, 0.15) is 0 Å². The Hall–Kier alpha value is -2.62. The third-order valence-electron chi connectivity index (χ3n) is 14.3. The number of aromatic nitrogens is 2.